The average molecular weight is 157 g/mol. The van der Waals surface area contributed by atoms with Crippen LogP contribution in [0, 0.1) is 0 Å². The van der Waals surface area contributed by atoms with Crippen molar-refractivity contribution >= 4 is 23.1 Å². The van der Waals surface area contributed by atoms with Crippen LogP contribution >= 0.6 is 12.2 Å². The van der Waals surface area contributed by atoms with Crippen molar-refractivity contribution < 1.29 is 4.79 Å². The third kappa shape index (κ3) is 1.19. The Balaban J connectivity index is 2.72. The zero-order valence-electron chi connectivity index (χ0n) is 6.26. The Morgan fingerprint density at radius 1 is 1.50 bits per heavy atom. The van der Waals surface area contributed by atoms with Gasteiger partial charge in [-0.25, -0.2) is 0 Å². The molecule has 0 radical (unpaired) electrons. The maximum absolute atomic E-state index is 11.1. The molecule has 1 amide bonds. The van der Waals surface area contributed by atoms with Gasteiger partial charge in [-0.1, -0.05) is 12.2 Å². The van der Waals surface area contributed by atoms with Crippen molar-refractivity contribution in [1.82, 2.24) is 4.90 Å². The summed E-state index contributed by atoms with van der Waals surface area (Å²) in [6.45, 7) is 3.96. The molecule has 0 aromatic rings. The second-order valence-electron chi connectivity index (χ2n) is 2.75. The molecule has 0 atom stereocenters. The fourth-order valence-corrected chi connectivity index (χ4v) is 1.58. The first kappa shape index (κ1) is 7.66. The van der Waals surface area contributed by atoms with E-state index in [0.717, 1.165) is 11.4 Å². The first-order chi connectivity index (χ1) is 4.63. The molecule has 0 aromatic carbocycles. The lowest BCUT2D eigenvalue weighted by molar-refractivity contribution is -0.126. The van der Waals surface area contributed by atoms with Gasteiger partial charge in [-0.2, -0.15) is 0 Å². The van der Waals surface area contributed by atoms with Crippen LogP contribution in [0.25, 0.3) is 0 Å². The molecule has 1 rings (SSSR count). The van der Waals surface area contributed by atoms with E-state index in [9.17, 15) is 4.79 Å². The van der Waals surface area contributed by atoms with Crippen LogP contribution in [-0.2, 0) is 4.79 Å². The zero-order chi connectivity index (χ0) is 7.72. The highest BCUT2D eigenvalue weighted by atomic mass is 32.1. The molecule has 0 N–H and O–H groups in total. The highest BCUT2D eigenvalue weighted by Crippen LogP contribution is 2.15. The summed E-state index contributed by atoms with van der Waals surface area (Å²) in [6.07, 6.45) is 1.38. The Kier molecular flexibility index (Phi) is 2.04. The molecule has 1 aliphatic rings. The van der Waals surface area contributed by atoms with Gasteiger partial charge in [0.2, 0.25) is 5.91 Å². The lowest BCUT2D eigenvalue weighted by Gasteiger charge is -2.19. The van der Waals surface area contributed by atoms with Gasteiger partial charge in [-0.3, -0.25) is 4.79 Å². The summed E-state index contributed by atoms with van der Waals surface area (Å²) < 4.78 is 0. The molecule has 1 fully saturated rings. The van der Waals surface area contributed by atoms with Crippen molar-refractivity contribution in [3.63, 3.8) is 0 Å². The first-order valence-corrected chi connectivity index (χ1v) is 3.88. The van der Waals surface area contributed by atoms with E-state index in [-0.39, 0.29) is 11.9 Å². The molecule has 10 heavy (non-hydrogen) atoms. The van der Waals surface area contributed by atoms with Gasteiger partial charge in [0, 0.05) is 18.9 Å². The summed E-state index contributed by atoms with van der Waals surface area (Å²) in [5, 5.41) is 0. The summed E-state index contributed by atoms with van der Waals surface area (Å²) in [5.41, 5.74) is 0. The number of rotatable bonds is 1. The second kappa shape index (κ2) is 2.66. The molecular formula is C7H11NOS. The lowest BCUT2D eigenvalue weighted by Crippen LogP contribution is -2.34. The maximum Gasteiger partial charge on any atom is 0.228 e. The molecule has 1 saturated heterocycles. The van der Waals surface area contributed by atoms with Crippen molar-refractivity contribution in [3.05, 3.63) is 0 Å². The van der Waals surface area contributed by atoms with E-state index in [1.54, 1.807) is 4.90 Å². The van der Waals surface area contributed by atoms with Gasteiger partial charge in [-0.05, 0) is 13.8 Å². The smallest absolute Gasteiger partial charge is 0.228 e. The molecule has 0 aromatic heterocycles. The molecule has 0 saturated carbocycles. The van der Waals surface area contributed by atoms with E-state index in [1.807, 2.05) is 13.8 Å². The van der Waals surface area contributed by atoms with Crippen LogP contribution < -0.4 is 0 Å². The molecule has 1 heterocycles. The minimum Gasteiger partial charge on any atom is -0.304 e. The fraction of sp³-hybridized carbons (Fsp3) is 0.714. The summed E-state index contributed by atoms with van der Waals surface area (Å²) in [6, 6.07) is 0.238. The average Bonchev–Trinajstić information content (AvgIpc) is 2.11. The van der Waals surface area contributed by atoms with Gasteiger partial charge < -0.3 is 4.90 Å². The number of carbonyl (C=O) groups excluding carboxylic acids is 1. The normalized spacial score (nSPS) is 19.3. The first-order valence-electron chi connectivity index (χ1n) is 3.48. The van der Waals surface area contributed by atoms with Crippen molar-refractivity contribution in [1.29, 1.82) is 0 Å². The largest absolute Gasteiger partial charge is 0.304 e. The predicted octanol–water partition coefficient (Wildman–Crippen LogP) is 1.34. The van der Waals surface area contributed by atoms with Crippen molar-refractivity contribution in [2.45, 2.75) is 32.7 Å². The van der Waals surface area contributed by atoms with Gasteiger partial charge in [-0.15, -0.1) is 0 Å². The monoisotopic (exact) mass is 157 g/mol. The standard InChI is InChI=1S/C7H11NOS/c1-5(2)8-6(9)3-4-7(8)10/h5H,3-4H2,1-2H3. The molecule has 3 heteroatoms. The lowest BCUT2D eigenvalue weighted by atomic mass is 10.3. The molecule has 2 nitrogen and oxygen atoms in total. The summed E-state index contributed by atoms with van der Waals surface area (Å²) in [5.74, 6) is 0.181. The van der Waals surface area contributed by atoms with Crippen LogP contribution in [0.5, 0.6) is 0 Å². The molecule has 1 aliphatic heterocycles. The van der Waals surface area contributed by atoms with Crippen LogP contribution in [-0.4, -0.2) is 21.8 Å². The third-order valence-electron chi connectivity index (χ3n) is 1.61. The second-order valence-corrected chi connectivity index (χ2v) is 3.22. The van der Waals surface area contributed by atoms with Crippen LogP contribution in [0.3, 0.4) is 0 Å². The Bertz CT molecular complexity index is 160. The van der Waals surface area contributed by atoms with Gasteiger partial charge >= 0.3 is 0 Å². The van der Waals surface area contributed by atoms with Gasteiger partial charge in [0.15, 0.2) is 0 Å². The number of thiocarbonyl (C=S) groups is 1. The number of hydrogen-bond acceptors (Lipinski definition) is 2. The van der Waals surface area contributed by atoms with E-state index in [4.69, 9.17) is 12.2 Å². The quantitative estimate of drug-likeness (QED) is 0.535. The summed E-state index contributed by atoms with van der Waals surface area (Å²) in [7, 11) is 0. The van der Waals surface area contributed by atoms with E-state index in [0.29, 0.717) is 6.42 Å². The van der Waals surface area contributed by atoms with E-state index in [1.165, 1.54) is 0 Å². The number of hydrogen-bond donors (Lipinski definition) is 0. The van der Waals surface area contributed by atoms with Gasteiger partial charge in [0.1, 0.15) is 0 Å². The topological polar surface area (TPSA) is 20.3 Å². The van der Waals surface area contributed by atoms with Gasteiger partial charge in [0.05, 0.1) is 4.99 Å². The molecular weight excluding hydrogens is 146 g/mol. The molecule has 0 unspecified atom stereocenters. The van der Waals surface area contributed by atoms with Crippen LogP contribution in [0.2, 0.25) is 0 Å². The molecule has 0 aliphatic carbocycles. The predicted molar refractivity (Wildman–Crippen MR) is 43.8 cm³/mol. The Morgan fingerprint density at radius 2 is 2.10 bits per heavy atom. The minimum atomic E-state index is 0.181. The number of amides is 1. The maximum atomic E-state index is 11.1. The Morgan fingerprint density at radius 3 is 2.30 bits per heavy atom. The number of likely N-dealkylation sites (tertiary alicyclic amines) is 1. The van der Waals surface area contributed by atoms with Crippen LogP contribution in [0.4, 0.5) is 0 Å². The molecule has 0 spiro atoms. The zero-order valence-corrected chi connectivity index (χ0v) is 7.07. The third-order valence-corrected chi connectivity index (χ3v) is 2.01. The van der Waals surface area contributed by atoms with Crippen molar-refractivity contribution in [2.75, 3.05) is 0 Å². The SMILES string of the molecule is CC(C)N1C(=O)CCC1=S. The van der Waals surface area contributed by atoms with Gasteiger partial charge in [0.25, 0.3) is 0 Å². The number of nitrogens with zero attached hydrogens (tertiary/aromatic N) is 1. The van der Waals surface area contributed by atoms with Crippen molar-refractivity contribution in [3.8, 4) is 0 Å². The molecule has 56 valence electrons. The van der Waals surface area contributed by atoms with Crippen molar-refractivity contribution in [2.24, 2.45) is 0 Å². The molecule has 0 bridgehead atoms. The van der Waals surface area contributed by atoms with Crippen LogP contribution in [0.1, 0.15) is 26.7 Å². The highest BCUT2D eigenvalue weighted by molar-refractivity contribution is 7.80. The Hall–Kier alpha value is -0.440. The van der Waals surface area contributed by atoms with E-state index < -0.39 is 0 Å². The number of carbonyl (C=O) groups is 1. The summed E-state index contributed by atoms with van der Waals surface area (Å²) in [4.78, 5) is 13.6. The minimum absolute atomic E-state index is 0.181. The Labute approximate surface area is 66.2 Å². The van der Waals surface area contributed by atoms with E-state index in [2.05, 4.69) is 0 Å². The summed E-state index contributed by atoms with van der Waals surface area (Å²) >= 11 is 5.00. The van der Waals surface area contributed by atoms with Crippen LogP contribution in [0.15, 0.2) is 0 Å². The van der Waals surface area contributed by atoms with E-state index >= 15 is 0 Å². The highest BCUT2D eigenvalue weighted by Gasteiger charge is 2.27. The fourth-order valence-electron chi connectivity index (χ4n) is 1.17.